The molecule has 1 aromatic heterocycles. The summed E-state index contributed by atoms with van der Waals surface area (Å²) in [4.78, 5) is 6.73. The summed E-state index contributed by atoms with van der Waals surface area (Å²) in [6.45, 7) is 5.39. The number of aryl methyl sites for hydroxylation is 1. The number of aliphatic imine (C=N–C) groups is 1. The molecule has 2 aliphatic rings. The molecule has 1 saturated heterocycles. The summed E-state index contributed by atoms with van der Waals surface area (Å²) < 4.78 is 0. The lowest BCUT2D eigenvalue weighted by Gasteiger charge is -2.43. The van der Waals surface area contributed by atoms with Gasteiger partial charge in [0.25, 0.3) is 0 Å². The van der Waals surface area contributed by atoms with Gasteiger partial charge in [0.05, 0.1) is 23.7 Å². The first-order chi connectivity index (χ1) is 15.7. The van der Waals surface area contributed by atoms with Crippen LogP contribution in [0.15, 0.2) is 59.9 Å². The summed E-state index contributed by atoms with van der Waals surface area (Å²) in [5.74, 6) is 0. The molecule has 0 amide bonds. The molecular weight excluding hydrogens is 422 g/mol. The van der Waals surface area contributed by atoms with Gasteiger partial charge in [-0.2, -0.15) is 4.80 Å². The van der Waals surface area contributed by atoms with Crippen molar-refractivity contribution in [3.8, 4) is 0 Å². The normalized spacial score (nSPS) is 17.6. The first-order valence-corrected chi connectivity index (χ1v) is 11.4. The van der Waals surface area contributed by atoms with Gasteiger partial charge in [0.2, 0.25) is 0 Å². The number of tetrazole rings is 1. The molecule has 8 heteroatoms. The molecule has 7 nitrogen and oxygen atoms in total. The zero-order valence-corrected chi connectivity index (χ0v) is 18.9. The van der Waals surface area contributed by atoms with Crippen LogP contribution >= 0.6 is 11.6 Å². The van der Waals surface area contributed by atoms with Gasteiger partial charge < -0.3 is 0 Å². The first kappa shape index (κ1) is 20.8. The zero-order chi connectivity index (χ0) is 21.9. The lowest BCUT2D eigenvalue weighted by atomic mass is 10.0. The summed E-state index contributed by atoms with van der Waals surface area (Å²) in [6, 6.07) is 16.6. The molecule has 32 heavy (non-hydrogen) atoms. The van der Waals surface area contributed by atoms with Gasteiger partial charge in [-0.1, -0.05) is 60.0 Å². The van der Waals surface area contributed by atoms with Crippen molar-refractivity contribution in [2.24, 2.45) is 4.99 Å². The van der Waals surface area contributed by atoms with Gasteiger partial charge in [-0.05, 0) is 37.1 Å². The molecular formula is C24H26ClN7. The van der Waals surface area contributed by atoms with E-state index in [1.807, 2.05) is 24.3 Å². The minimum Gasteiger partial charge on any atom is -0.297 e. The third-order valence-electron chi connectivity index (χ3n) is 5.92. The largest absolute Gasteiger partial charge is 0.297 e. The van der Waals surface area contributed by atoms with Crippen LogP contribution in [0.25, 0.3) is 11.4 Å². The minimum atomic E-state index is 0.503. The molecule has 3 heterocycles. The zero-order valence-electron chi connectivity index (χ0n) is 18.2. The van der Waals surface area contributed by atoms with Crippen molar-refractivity contribution in [3.05, 3.63) is 76.6 Å². The van der Waals surface area contributed by atoms with Gasteiger partial charge in [0.15, 0.2) is 6.33 Å². The highest BCUT2D eigenvalue weighted by molar-refractivity contribution is 6.30. The van der Waals surface area contributed by atoms with Crippen molar-refractivity contribution < 1.29 is 0 Å². The van der Waals surface area contributed by atoms with Crippen LogP contribution in [-0.4, -0.2) is 55.6 Å². The van der Waals surface area contributed by atoms with E-state index in [0.29, 0.717) is 18.1 Å². The minimum absolute atomic E-state index is 0.503. The van der Waals surface area contributed by atoms with Crippen molar-refractivity contribution in [1.82, 2.24) is 30.2 Å². The molecule has 0 unspecified atom stereocenters. The quantitative estimate of drug-likeness (QED) is 0.583. The lowest BCUT2D eigenvalue weighted by molar-refractivity contribution is 0.0272. The fraction of sp³-hybridized carbons (Fsp3) is 0.333. The van der Waals surface area contributed by atoms with E-state index >= 15 is 0 Å². The van der Waals surface area contributed by atoms with E-state index in [1.165, 1.54) is 31.2 Å². The second kappa shape index (κ2) is 9.22. The van der Waals surface area contributed by atoms with Crippen LogP contribution in [0.5, 0.6) is 0 Å². The van der Waals surface area contributed by atoms with Gasteiger partial charge in [0.1, 0.15) is 6.54 Å². The van der Waals surface area contributed by atoms with Crippen LogP contribution in [-0.2, 0) is 6.54 Å². The van der Waals surface area contributed by atoms with E-state index in [-0.39, 0.29) is 0 Å². The van der Waals surface area contributed by atoms with E-state index < -0.39 is 0 Å². The predicted molar refractivity (Wildman–Crippen MR) is 127 cm³/mol. The highest BCUT2D eigenvalue weighted by Gasteiger charge is 2.30. The Kier molecular flexibility index (Phi) is 6.01. The summed E-state index contributed by atoms with van der Waals surface area (Å²) in [6.07, 6.45) is 5.14. The van der Waals surface area contributed by atoms with E-state index in [4.69, 9.17) is 16.6 Å². The number of hydrazine groups is 1. The van der Waals surface area contributed by atoms with E-state index in [1.54, 1.807) is 4.80 Å². The highest BCUT2D eigenvalue weighted by atomic mass is 35.5. The average Bonchev–Trinajstić information content (AvgIpc) is 3.33. The molecule has 0 spiro atoms. The average molecular weight is 448 g/mol. The fourth-order valence-corrected chi connectivity index (χ4v) is 4.42. The molecule has 2 aromatic carbocycles. The van der Waals surface area contributed by atoms with Crippen LogP contribution in [0.4, 0.5) is 0 Å². The monoisotopic (exact) mass is 447 g/mol. The molecule has 1 fully saturated rings. The second-order valence-corrected chi connectivity index (χ2v) is 8.72. The SMILES string of the molecule is Cc1ccc(C2=C(c3ccc(Cl)cc3)N=C(Cn3ncnn3)CN2N2CCCCC2)cc1. The maximum Gasteiger partial charge on any atom is 0.162 e. The summed E-state index contributed by atoms with van der Waals surface area (Å²) in [5, 5.41) is 17.7. The topological polar surface area (TPSA) is 62.4 Å². The Bertz CT molecular complexity index is 1110. The molecule has 2 aliphatic heterocycles. The van der Waals surface area contributed by atoms with Gasteiger partial charge in [0, 0.05) is 29.2 Å². The Morgan fingerprint density at radius 2 is 1.62 bits per heavy atom. The molecule has 0 aliphatic carbocycles. The van der Waals surface area contributed by atoms with E-state index in [2.05, 4.69) is 56.6 Å². The maximum absolute atomic E-state index is 6.20. The Balaban J connectivity index is 1.66. The first-order valence-electron chi connectivity index (χ1n) is 11.0. The van der Waals surface area contributed by atoms with E-state index in [0.717, 1.165) is 41.3 Å². The molecule has 0 bridgehead atoms. The molecule has 164 valence electrons. The van der Waals surface area contributed by atoms with Crippen LogP contribution in [0.2, 0.25) is 5.02 Å². The Labute approximate surface area is 193 Å². The third-order valence-corrected chi connectivity index (χ3v) is 6.17. The smallest absolute Gasteiger partial charge is 0.162 e. The van der Waals surface area contributed by atoms with Crippen LogP contribution in [0.1, 0.15) is 36.0 Å². The number of halogens is 1. The fourth-order valence-electron chi connectivity index (χ4n) is 4.30. The van der Waals surface area contributed by atoms with Gasteiger partial charge in [-0.25, -0.2) is 5.01 Å². The number of rotatable bonds is 5. The van der Waals surface area contributed by atoms with Crippen molar-refractivity contribution in [1.29, 1.82) is 0 Å². The van der Waals surface area contributed by atoms with E-state index in [9.17, 15) is 0 Å². The lowest BCUT2D eigenvalue weighted by Crippen LogP contribution is -2.48. The highest BCUT2D eigenvalue weighted by Crippen LogP contribution is 2.36. The Morgan fingerprint density at radius 1 is 0.906 bits per heavy atom. The summed E-state index contributed by atoms with van der Waals surface area (Å²) >= 11 is 6.20. The molecule has 3 aromatic rings. The Morgan fingerprint density at radius 3 is 2.31 bits per heavy atom. The molecule has 0 saturated carbocycles. The van der Waals surface area contributed by atoms with Gasteiger partial charge >= 0.3 is 0 Å². The summed E-state index contributed by atoms with van der Waals surface area (Å²) in [5.41, 5.74) is 6.50. The van der Waals surface area contributed by atoms with Crippen molar-refractivity contribution in [3.63, 3.8) is 0 Å². The number of nitrogens with zero attached hydrogens (tertiary/aromatic N) is 7. The number of hydrogen-bond acceptors (Lipinski definition) is 6. The molecule has 5 rings (SSSR count). The maximum atomic E-state index is 6.20. The van der Waals surface area contributed by atoms with Gasteiger partial charge in [-0.15, -0.1) is 10.2 Å². The number of hydrogen-bond donors (Lipinski definition) is 0. The van der Waals surface area contributed by atoms with Crippen LogP contribution in [0, 0.1) is 6.92 Å². The Hall–Kier alpha value is -3.03. The van der Waals surface area contributed by atoms with Crippen LogP contribution < -0.4 is 0 Å². The number of benzene rings is 2. The molecule has 0 atom stereocenters. The third kappa shape index (κ3) is 4.45. The van der Waals surface area contributed by atoms with Crippen LogP contribution in [0.3, 0.4) is 0 Å². The number of piperidine rings is 1. The van der Waals surface area contributed by atoms with Crippen molar-refractivity contribution in [2.45, 2.75) is 32.7 Å². The van der Waals surface area contributed by atoms with Crippen molar-refractivity contribution >= 4 is 28.7 Å². The second-order valence-electron chi connectivity index (χ2n) is 8.29. The molecule has 0 radical (unpaired) electrons. The predicted octanol–water partition coefficient (Wildman–Crippen LogP) is 4.32. The van der Waals surface area contributed by atoms with Gasteiger partial charge in [-0.3, -0.25) is 10.0 Å². The summed E-state index contributed by atoms with van der Waals surface area (Å²) in [7, 11) is 0. The number of aromatic nitrogens is 4. The van der Waals surface area contributed by atoms with Crippen molar-refractivity contribution in [2.75, 3.05) is 19.6 Å². The standard InChI is InChI=1S/C24H26ClN7/c1-18-5-7-20(8-6-18)24-23(19-9-11-21(25)12-10-19)28-22(16-32-27-17-26-29-32)15-31(24)30-13-3-2-4-14-30/h5-12,17H,2-4,13-16H2,1H3. The molecule has 0 N–H and O–H groups in total.